The summed E-state index contributed by atoms with van der Waals surface area (Å²) < 4.78 is 3.09. The Morgan fingerprint density at radius 1 is 0.733 bits per heavy atom. The Balaban J connectivity index is 0.000000168. The van der Waals surface area contributed by atoms with Gasteiger partial charge in [0.25, 0.3) is 10.7 Å². The van der Waals surface area contributed by atoms with Crippen LogP contribution in [0.25, 0.3) is 38.8 Å². The maximum atomic E-state index is 11.0. The van der Waals surface area contributed by atoms with Gasteiger partial charge in [0.05, 0.1) is 27.0 Å². The highest BCUT2D eigenvalue weighted by Gasteiger charge is 2.33. The Kier molecular flexibility index (Phi) is 12.1. The number of para-hydroxylation sites is 3. The van der Waals surface area contributed by atoms with Gasteiger partial charge in [0, 0.05) is 51.7 Å². The molecule has 2 aromatic heterocycles. The molecule has 0 atom stereocenters. The maximum absolute atomic E-state index is 11.0. The van der Waals surface area contributed by atoms with E-state index in [0.717, 1.165) is 78.0 Å². The van der Waals surface area contributed by atoms with Gasteiger partial charge in [0.2, 0.25) is 5.52 Å². The number of nitrogens with zero attached hydrogens (tertiary/aromatic N) is 6. The van der Waals surface area contributed by atoms with Crippen LogP contribution in [-0.2, 0) is 6.54 Å². The molecule has 4 heterocycles. The van der Waals surface area contributed by atoms with Crippen molar-refractivity contribution in [2.24, 2.45) is 0 Å². The lowest BCUT2D eigenvalue weighted by Gasteiger charge is -2.20. The standard InChI is InChI=1S/C29H22N4.C19H15N3O2S2.BrH/c1-5-13-22(14-6-1)26-27(23-15-7-2-8-16-23)31-29-28(30-26)32(24-17-9-3-10-18-24)21-33(29)25-19-11-4-12-20-25;1-2-21-15-11-10-13(22(23)24)12-17(15)26-19(21)9-5-8-18-20-14-6-3-4-7-16(14)25-18;/h1-20H,21H2;3-12H,2H2,1H3;1H. The van der Waals surface area contributed by atoms with Crippen LogP contribution < -0.4 is 36.7 Å². The predicted octanol–water partition coefficient (Wildman–Crippen LogP) is 9.25. The third-order valence-corrected chi connectivity index (χ3v) is 12.1. The summed E-state index contributed by atoms with van der Waals surface area (Å²) in [7, 11) is 0. The van der Waals surface area contributed by atoms with E-state index in [9.17, 15) is 10.1 Å². The van der Waals surface area contributed by atoms with Gasteiger partial charge in [-0.25, -0.2) is 9.97 Å². The number of nitro groups is 1. The first-order valence-electron chi connectivity index (χ1n) is 19.2. The second-order valence-corrected chi connectivity index (χ2v) is 15.8. The molecule has 0 radical (unpaired) electrons. The first kappa shape index (κ1) is 40.2. The quantitative estimate of drug-likeness (QED) is 0.0919. The van der Waals surface area contributed by atoms with E-state index in [-0.39, 0.29) is 27.6 Å². The molecule has 0 bridgehead atoms. The number of aryl methyl sites for hydroxylation is 1. The molecule has 0 unspecified atom stereocenters. The highest BCUT2D eigenvalue weighted by molar-refractivity contribution is 8.03. The van der Waals surface area contributed by atoms with Crippen LogP contribution in [0.2, 0.25) is 0 Å². The number of halogens is 1. The minimum atomic E-state index is -0.351. The predicted molar refractivity (Wildman–Crippen MR) is 242 cm³/mol. The molecule has 2 aliphatic heterocycles. The van der Waals surface area contributed by atoms with E-state index in [2.05, 4.69) is 124 Å². The van der Waals surface area contributed by atoms with E-state index < -0.39 is 0 Å². The zero-order valence-corrected chi connectivity index (χ0v) is 35.6. The first-order chi connectivity index (χ1) is 29.0. The molecule has 6 aromatic carbocycles. The molecule has 296 valence electrons. The van der Waals surface area contributed by atoms with Gasteiger partial charge in [0.1, 0.15) is 17.9 Å². The Morgan fingerprint density at radius 2 is 1.27 bits per heavy atom. The maximum Gasteiger partial charge on any atom is 0.271 e. The molecule has 0 fully saturated rings. The molecule has 0 saturated carbocycles. The summed E-state index contributed by atoms with van der Waals surface area (Å²) in [6, 6.07) is 54.7. The second kappa shape index (κ2) is 18.1. The van der Waals surface area contributed by atoms with Crippen molar-refractivity contribution in [3.8, 4) is 22.5 Å². The highest BCUT2D eigenvalue weighted by atomic mass is 79.9. The van der Waals surface area contributed by atoms with Crippen molar-refractivity contribution in [2.75, 3.05) is 21.8 Å². The van der Waals surface area contributed by atoms with Crippen LogP contribution in [0.3, 0.4) is 0 Å². The zero-order valence-electron chi connectivity index (χ0n) is 32.4. The smallest absolute Gasteiger partial charge is 0.271 e. The molecule has 12 heteroatoms. The number of nitrogens with one attached hydrogen (secondary N) is 1. The minimum absolute atomic E-state index is 0. The van der Waals surface area contributed by atoms with Gasteiger partial charge in [-0.15, -0.1) is 0 Å². The summed E-state index contributed by atoms with van der Waals surface area (Å²) in [5, 5.41) is 16.5. The van der Waals surface area contributed by atoms with Crippen molar-refractivity contribution in [3.63, 3.8) is 0 Å². The minimum Gasteiger partial charge on any atom is -1.00 e. The van der Waals surface area contributed by atoms with Crippen LogP contribution in [-0.4, -0.2) is 21.6 Å². The molecule has 2 aliphatic rings. The number of thioether (sulfide) groups is 1. The topological polar surface area (TPSA) is 91.3 Å². The van der Waals surface area contributed by atoms with Crippen LogP contribution in [0.15, 0.2) is 186 Å². The van der Waals surface area contributed by atoms with E-state index in [4.69, 9.17) is 9.97 Å². The van der Waals surface area contributed by atoms with Crippen LogP contribution >= 0.6 is 23.1 Å². The fourth-order valence-electron chi connectivity index (χ4n) is 7.16. The molecule has 8 aromatic rings. The van der Waals surface area contributed by atoms with Crippen molar-refractivity contribution < 1.29 is 26.5 Å². The van der Waals surface area contributed by atoms with Crippen molar-refractivity contribution in [3.05, 3.63) is 196 Å². The van der Waals surface area contributed by atoms with Crippen LogP contribution in [0, 0.1) is 10.1 Å². The van der Waals surface area contributed by atoms with Gasteiger partial charge >= 0.3 is 0 Å². The SMILES string of the molecule is CC[n+]1c(C=CC=C2Nc3ccccc3S2)sc2cc([N+](=O)[O-])ccc21.[Br-].c1ccc(-c2nc3c(nc2-c2ccccc2)N(c2ccccc2)CN3c2ccccc2)cc1. The number of rotatable bonds is 8. The number of anilines is 5. The number of non-ortho nitro benzene ring substituents is 1. The van der Waals surface area contributed by atoms with Crippen molar-refractivity contribution in [1.82, 2.24) is 9.97 Å². The molecular weight excluding hydrogens is 851 g/mol. The monoisotopic (exact) mass is 887 g/mol. The normalized spacial score (nSPS) is 13.4. The summed E-state index contributed by atoms with van der Waals surface area (Å²) in [5.74, 6) is 1.73. The lowest BCUT2D eigenvalue weighted by molar-refractivity contribution is -0.665. The molecule has 0 amide bonds. The number of thiazole rings is 1. The molecule has 1 N–H and O–H groups in total. The fourth-order valence-corrected chi connectivity index (χ4v) is 9.25. The molecule has 0 spiro atoms. The fraction of sp³-hybridized carbons (Fsp3) is 0.0625. The average Bonchev–Trinajstić information content (AvgIpc) is 4.00. The molecular formula is C48H38BrN7O2S2. The summed E-state index contributed by atoms with van der Waals surface area (Å²) in [6.07, 6.45) is 6.13. The lowest BCUT2D eigenvalue weighted by Crippen LogP contribution is -3.00. The number of benzene rings is 6. The van der Waals surface area contributed by atoms with Crippen LogP contribution in [0.1, 0.15) is 11.9 Å². The van der Waals surface area contributed by atoms with E-state index >= 15 is 0 Å². The van der Waals surface area contributed by atoms with Crippen LogP contribution in [0.4, 0.5) is 34.4 Å². The summed E-state index contributed by atoms with van der Waals surface area (Å²) in [6.45, 7) is 3.54. The largest absolute Gasteiger partial charge is 1.00 e. The van der Waals surface area contributed by atoms with E-state index in [1.807, 2.05) is 72.8 Å². The summed E-state index contributed by atoms with van der Waals surface area (Å²) in [5.41, 5.74) is 8.36. The molecule has 9 nitrogen and oxygen atoms in total. The Bertz CT molecular complexity index is 2710. The van der Waals surface area contributed by atoms with Gasteiger partial charge in [-0.2, -0.15) is 4.57 Å². The van der Waals surface area contributed by atoms with Gasteiger partial charge in [-0.3, -0.25) is 10.1 Å². The zero-order chi connectivity index (χ0) is 40.1. The number of allylic oxidation sites excluding steroid dienone is 2. The first-order valence-corrected chi connectivity index (χ1v) is 20.9. The highest BCUT2D eigenvalue weighted by Crippen LogP contribution is 2.45. The van der Waals surface area contributed by atoms with Gasteiger partial charge in [-0.1, -0.05) is 138 Å². The number of fused-ring (bicyclic) bond motifs is 3. The molecule has 0 saturated heterocycles. The van der Waals surface area contributed by atoms with Gasteiger partial charge in [0.15, 0.2) is 11.6 Å². The summed E-state index contributed by atoms with van der Waals surface area (Å²) in [4.78, 5) is 26.8. The number of aromatic nitrogens is 3. The molecule has 0 aliphatic carbocycles. The van der Waals surface area contributed by atoms with Crippen LogP contribution in [0.5, 0.6) is 0 Å². The summed E-state index contributed by atoms with van der Waals surface area (Å²) >= 11 is 3.28. The number of nitro benzene ring substituents is 1. The number of hydrogen-bond donors (Lipinski definition) is 1. The number of hydrogen-bond acceptors (Lipinski definition) is 9. The molecule has 10 rings (SSSR count). The lowest BCUT2D eigenvalue weighted by atomic mass is 10.0. The third kappa shape index (κ3) is 8.30. The third-order valence-electron chi connectivity index (χ3n) is 9.98. The van der Waals surface area contributed by atoms with Crippen molar-refractivity contribution in [2.45, 2.75) is 18.4 Å². The Morgan fingerprint density at radius 3 is 1.80 bits per heavy atom. The Labute approximate surface area is 366 Å². The van der Waals surface area contributed by atoms with E-state index in [1.54, 1.807) is 35.2 Å². The molecule has 60 heavy (non-hydrogen) atoms. The Hall–Kier alpha value is -6.60. The van der Waals surface area contributed by atoms with Crippen molar-refractivity contribution >= 4 is 73.8 Å². The van der Waals surface area contributed by atoms with Gasteiger partial charge in [-0.05, 0) is 49.4 Å². The van der Waals surface area contributed by atoms with Crippen molar-refractivity contribution in [1.29, 1.82) is 0 Å². The second-order valence-electron chi connectivity index (χ2n) is 13.7. The average molecular weight is 889 g/mol. The van der Waals surface area contributed by atoms with E-state index in [0.29, 0.717) is 6.67 Å². The van der Waals surface area contributed by atoms with Gasteiger partial charge < -0.3 is 32.1 Å². The van der Waals surface area contributed by atoms with E-state index in [1.165, 1.54) is 4.90 Å².